The van der Waals surface area contributed by atoms with Gasteiger partial charge in [0.05, 0.1) is 6.04 Å². The van der Waals surface area contributed by atoms with Crippen molar-refractivity contribution in [1.29, 1.82) is 0 Å². The first-order valence-electron chi connectivity index (χ1n) is 18.9. The number of carbonyl (C=O) groups excluding carboxylic acids is 6. The van der Waals surface area contributed by atoms with Crippen molar-refractivity contribution in [3.05, 3.63) is 43.0 Å². The summed E-state index contributed by atoms with van der Waals surface area (Å²) < 4.78 is 0. The molecule has 0 aromatic heterocycles. The third kappa shape index (κ3) is 8.69. The van der Waals surface area contributed by atoms with Crippen LogP contribution < -0.4 is 26.6 Å². The van der Waals surface area contributed by atoms with Crippen LogP contribution in [0.5, 0.6) is 0 Å². The van der Waals surface area contributed by atoms with Crippen LogP contribution in [0.3, 0.4) is 0 Å². The molecular formula is C40H58N6O6. The van der Waals surface area contributed by atoms with Crippen LogP contribution in [0.25, 0.3) is 0 Å². The van der Waals surface area contributed by atoms with Gasteiger partial charge in [-0.1, -0.05) is 97.9 Å². The number of carbonyl (C=O) groups is 6. The van der Waals surface area contributed by atoms with Gasteiger partial charge in [-0.2, -0.15) is 0 Å². The molecular weight excluding hydrogens is 660 g/mol. The summed E-state index contributed by atoms with van der Waals surface area (Å²) in [7, 11) is 0. The third-order valence-electron chi connectivity index (χ3n) is 12.0. The fourth-order valence-corrected chi connectivity index (χ4v) is 8.46. The lowest BCUT2D eigenvalue weighted by atomic mass is 9.70. The van der Waals surface area contributed by atoms with Crippen LogP contribution in [0.2, 0.25) is 0 Å². The molecule has 5 N–H and O–H groups in total. The lowest BCUT2D eigenvalue weighted by molar-refractivity contribution is -0.147. The van der Waals surface area contributed by atoms with Gasteiger partial charge >= 0.3 is 6.03 Å². The highest BCUT2D eigenvalue weighted by Gasteiger charge is 2.70. The van der Waals surface area contributed by atoms with Crippen molar-refractivity contribution < 1.29 is 28.8 Å². The molecule has 284 valence electrons. The maximum Gasteiger partial charge on any atom is 0.319 e. The highest BCUT2D eigenvalue weighted by molar-refractivity contribution is 6.38. The number of nitrogens with zero attached hydrogens (tertiary/aromatic N) is 1. The second kappa shape index (κ2) is 15.4. The number of para-hydroxylation sites is 1. The molecule has 3 aliphatic carbocycles. The number of amides is 6. The van der Waals surface area contributed by atoms with Crippen LogP contribution in [0, 0.1) is 34.0 Å². The lowest BCUT2D eigenvalue weighted by Gasteiger charge is -2.42. The maximum atomic E-state index is 14.7. The van der Waals surface area contributed by atoms with Crippen LogP contribution >= 0.6 is 0 Å². The molecule has 4 fully saturated rings. The Balaban J connectivity index is 1.37. The Hall–Kier alpha value is -4.22. The van der Waals surface area contributed by atoms with E-state index >= 15 is 0 Å². The molecule has 6 atom stereocenters. The Bertz CT molecular complexity index is 1540. The van der Waals surface area contributed by atoms with Gasteiger partial charge in [-0.05, 0) is 65.4 Å². The number of likely N-dealkylation sites (tertiary alicyclic amines) is 1. The Kier molecular flexibility index (Phi) is 11.6. The van der Waals surface area contributed by atoms with Crippen molar-refractivity contribution in [2.45, 2.75) is 117 Å². The topological polar surface area (TPSA) is 166 Å². The highest BCUT2D eigenvalue weighted by Crippen LogP contribution is 2.65. The zero-order chi connectivity index (χ0) is 38.0. The number of benzene rings is 1. The number of piperidine rings is 1. The molecule has 1 heterocycles. The summed E-state index contributed by atoms with van der Waals surface area (Å²) in [6, 6.07) is 4.68. The van der Waals surface area contributed by atoms with Crippen molar-refractivity contribution in [2.75, 3.05) is 18.4 Å². The van der Waals surface area contributed by atoms with Gasteiger partial charge in [0.25, 0.3) is 5.91 Å². The number of ketones is 1. The Labute approximate surface area is 308 Å². The number of nitrogens with one attached hydrogen (secondary N) is 5. The van der Waals surface area contributed by atoms with Crippen LogP contribution in [0.15, 0.2) is 43.0 Å². The first-order valence-corrected chi connectivity index (χ1v) is 18.9. The van der Waals surface area contributed by atoms with E-state index in [9.17, 15) is 28.8 Å². The molecule has 0 spiro atoms. The predicted molar refractivity (Wildman–Crippen MR) is 199 cm³/mol. The number of anilines is 1. The van der Waals surface area contributed by atoms with Crippen molar-refractivity contribution in [1.82, 2.24) is 26.2 Å². The number of fused-ring (bicyclic) bond motifs is 1. The van der Waals surface area contributed by atoms with Crippen LogP contribution in [0.1, 0.15) is 92.9 Å². The molecule has 0 radical (unpaired) electrons. The molecule has 4 aliphatic rings. The van der Waals surface area contributed by atoms with E-state index in [2.05, 4.69) is 47.0 Å². The summed E-state index contributed by atoms with van der Waals surface area (Å²) in [6.07, 6.45) is 8.07. The summed E-state index contributed by atoms with van der Waals surface area (Å²) in [5.74, 6) is -2.63. The summed E-state index contributed by atoms with van der Waals surface area (Å²) >= 11 is 0. The molecule has 1 unspecified atom stereocenters. The van der Waals surface area contributed by atoms with Gasteiger partial charge in [0, 0.05) is 18.8 Å². The molecule has 1 saturated heterocycles. The van der Waals surface area contributed by atoms with Gasteiger partial charge in [-0.3, -0.25) is 24.0 Å². The molecule has 1 aromatic rings. The molecule has 1 aromatic carbocycles. The van der Waals surface area contributed by atoms with E-state index in [1.54, 1.807) is 17.0 Å². The van der Waals surface area contributed by atoms with Gasteiger partial charge < -0.3 is 31.5 Å². The minimum atomic E-state index is -1.02. The summed E-state index contributed by atoms with van der Waals surface area (Å²) in [5.41, 5.74) is -0.902. The van der Waals surface area contributed by atoms with Crippen LogP contribution in [-0.4, -0.2) is 77.6 Å². The van der Waals surface area contributed by atoms with Crippen molar-refractivity contribution in [3.63, 3.8) is 0 Å². The fraction of sp³-hybridized carbons (Fsp3) is 0.650. The van der Waals surface area contributed by atoms with Gasteiger partial charge in [0.1, 0.15) is 18.1 Å². The molecule has 52 heavy (non-hydrogen) atoms. The molecule has 3 saturated carbocycles. The van der Waals surface area contributed by atoms with E-state index in [1.165, 1.54) is 6.08 Å². The van der Waals surface area contributed by atoms with Gasteiger partial charge in [0.2, 0.25) is 23.5 Å². The van der Waals surface area contributed by atoms with Gasteiger partial charge in [-0.15, -0.1) is 6.58 Å². The van der Waals surface area contributed by atoms with Crippen molar-refractivity contribution in [3.8, 4) is 0 Å². The normalized spacial score (nSPS) is 24.6. The molecule has 6 amide bonds. The van der Waals surface area contributed by atoms with E-state index in [0.717, 1.165) is 44.9 Å². The first kappa shape index (κ1) is 39.0. The van der Waals surface area contributed by atoms with E-state index in [4.69, 9.17) is 0 Å². The average Bonchev–Trinajstić information content (AvgIpc) is 3.95. The van der Waals surface area contributed by atoms with E-state index < -0.39 is 64.5 Å². The summed E-state index contributed by atoms with van der Waals surface area (Å²) in [4.78, 5) is 84.0. The first-order chi connectivity index (χ1) is 24.5. The van der Waals surface area contributed by atoms with Crippen LogP contribution in [-0.2, 0) is 24.0 Å². The second-order valence-corrected chi connectivity index (χ2v) is 17.4. The zero-order valence-electron chi connectivity index (χ0n) is 31.7. The standard InChI is InChI=1S/C40H58N6O6/c1-8-21-41-34(49)30(47)27(22-24-17-18-24)43-33(48)29-28-26(39(28,5)6)23-46(29)36(51)32(38(2,3)4)44-35(50)31(40(7)19-13-10-14-20-40)45-37(52)42-25-15-11-9-12-16-25/h8-9,11-12,15-16,24,26-29,31-32H,1,10,13-14,17-23H2,2-7H3,(H,41,49)(H,43,48)(H,44,50)(H2,42,45,52)/t26-,27?,28-,29-,31+,32+/m0/s1. The number of hydrogen-bond acceptors (Lipinski definition) is 6. The van der Waals surface area contributed by atoms with Gasteiger partial charge in [-0.25, -0.2) is 4.79 Å². The zero-order valence-corrected chi connectivity index (χ0v) is 31.7. The second-order valence-electron chi connectivity index (χ2n) is 17.4. The van der Waals surface area contributed by atoms with Crippen molar-refractivity contribution >= 4 is 41.1 Å². The molecule has 5 rings (SSSR count). The SMILES string of the molecule is C=CCNC(=O)C(=O)C(CC1CC1)NC(=O)[C@@H]1[C@@H]2[C@H](CN1C(=O)[C@@H](NC(=O)[C@@H](NC(=O)Nc1ccccc1)C1(C)CCCCC1)C(C)(C)C)C2(C)C. The van der Waals surface area contributed by atoms with E-state index in [1.807, 2.05) is 45.9 Å². The number of hydrogen-bond donors (Lipinski definition) is 5. The monoisotopic (exact) mass is 718 g/mol. The van der Waals surface area contributed by atoms with E-state index in [-0.39, 0.29) is 35.6 Å². The Morgan fingerprint density at radius 3 is 2.19 bits per heavy atom. The summed E-state index contributed by atoms with van der Waals surface area (Å²) in [5, 5.41) is 14.2. The fourth-order valence-electron chi connectivity index (χ4n) is 8.46. The predicted octanol–water partition coefficient (Wildman–Crippen LogP) is 4.32. The molecule has 12 heteroatoms. The third-order valence-corrected chi connectivity index (χ3v) is 12.0. The average molecular weight is 719 g/mol. The largest absolute Gasteiger partial charge is 0.346 e. The minimum Gasteiger partial charge on any atom is -0.346 e. The number of rotatable bonds is 14. The number of urea groups is 1. The van der Waals surface area contributed by atoms with Crippen molar-refractivity contribution in [2.24, 2.45) is 34.0 Å². The maximum absolute atomic E-state index is 14.7. The molecule has 12 nitrogen and oxygen atoms in total. The van der Waals surface area contributed by atoms with Crippen LogP contribution in [0.4, 0.5) is 10.5 Å². The highest BCUT2D eigenvalue weighted by atomic mass is 16.2. The quantitative estimate of drug-likeness (QED) is 0.142. The minimum absolute atomic E-state index is 0.0641. The lowest BCUT2D eigenvalue weighted by Crippen LogP contribution is -2.64. The smallest absolute Gasteiger partial charge is 0.319 e. The number of Topliss-reactive ketones (excluding diaryl/α,β-unsaturated/α-hetero) is 1. The molecule has 1 aliphatic heterocycles. The molecule has 0 bridgehead atoms. The Morgan fingerprint density at radius 1 is 0.942 bits per heavy atom. The summed E-state index contributed by atoms with van der Waals surface area (Å²) in [6.45, 7) is 15.8. The van der Waals surface area contributed by atoms with E-state index in [0.29, 0.717) is 18.7 Å². The van der Waals surface area contributed by atoms with Gasteiger partial charge in [0.15, 0.2) is 0 Å². The Morgan fingerprint density at radius 2 is 1.60 bits per heavy atom.